The van der Waals surface area contributed by atoms with Crippen LogP contribution in [0.1, 0.15) is 65.9 Å². The predicted octanol–water partition coefficient (Wildman–Crippen LogP) is 4.75. The summed E-state index contributed by atoms with van der Waals surface area (Å²) in [5.74, 6) is 1.55. The highest BCUT2D eigenvalue weighted by Gasteiger charge is 2.09. The molecular formula is C18H31NO. The molecule has 114 valence electrons. The summed E-state index contributed by atoms with van der Waals surface area (Å²) in [4.78, 5) is 0. The van der Waals surface area contributed by atoms with Crippen molar-refractivity contribution < 1.29 is 4.74 Å². The maximum absolute atomic E-state index is 5.95. The average molecular weight is 277 g/mol. The molecule has 1 aromatic rings. The second kappa shape index (κ2) is 7.68. The fourth-order valence-corrected chi connectivity index (χ4v) is 2.08. The second-order valence-electron chi connectivity index (χ2n) is 6.97. The first-order valence-electron chi connectivity index (χ1n) is 7.79. The van der Waals surface area contributed by atoms with Crippen LogP contribution in [0.25, 0.3) is 0 Å². The minimum Gasteiger partial charge on any atom is -0.491 e. The van der Waals surface area contributed by atoms with Crippen molar-refractivity contribution in [2.75, 3.05) is 6.54 Å². The van der Waals surface area contributed by atoms with E-state index in [1.165, 1.54) is 5.56 Å². The van der Waals surface area contributed by atoms with Gasteiger partial charge in [0.05, 0.1) is 6.10 Å². The van der Waals surface area contributed by atoms with Crippen LogP contribution in [0.5, 0.6) is 5.75 Å². The molecule has 0 fully saturated rings. The Morgan fingerprint density at radius 1 is 1.05 bits per heavy atom. The van der Waals surface area contributed by atoms with Gasteiger partial charge in [0.2, 0.25) is 0 Å². The number of hydrogen-bond donors (Lipinski definition) is 1. The molecule has 1 atom stereocenters. The third kappa shape index (κ3) is 6.95. The van der Waals surface area contributed by atoms with E-state index in [1.54, 1.807) is 0 Å². The molecule has 0 amide bonds. The molecule has 1 rings (SSSR count). The highest BCUT2D eigenvalue weighted by molar-refractivity contribution is 5.29. The first-order chi connectivity index (χ1) is 9.28. The fourth-order valence-electron chi connectivity index (χ4n) is 2.08. The monoisotopic (exact) mass is 277 g/mol. The lowest BCUT2D eigenvalue weighted by atomic mass is 10.0. The van der Waals surface area contributed by atoms with E-state index in [9.17, 15) is 0 Å². The average Bonchev–Trinajstić information content (AvgIpc) is 2.34. The van der Waals surface area contributed by atoms with Crippen LogP contribution < -0.4 is 10.1 Å². The topological polar surface area (TPSA) is 21.3 Å². The van der Waals surface area contributed by atoms with E-state index in [-0.39, 0.29) is 11.6 Å². The molecule has 20 heavy (non-hydrogen) atoms. The van der Waals surface area contributed by atoms with Crippen molar-refractivity contribution in [3.8, 4) is 5.75 Å². The van der Waals surface area contributed by atoms with Gasteiger partial charge in [-0.05, 0) is 70.7 Å². The molecule has 1 N–H and O–H groups in total. The van der Waals surface area contributed by atoms with Crippen LogP contribution in [0.15, 0.2) is 24.3 Å². The van der Waals surface area contributed by atoms with Crippen molar-refractivity contribution >= 4 is 0 Å². The van der Waals surface area contributed by atoms with Gasteiger partial charge in [-0.25, -0.2) is 0 Å². The van der Waals surface area contributed by atoms with E-state index >= 15 is 0 Å². The van der Waals surface area contributed by atoms with Crippen LogP contribution in [-0.2, 0) is 0 Å². The molecule has 0 saturated carbocycles. The molecule has 2 nitrogen and oxygen atoms in total. The number of hydrogen-bond acceptors (Lipinski definition) is 2. The largest absolute Gasteiger partial charge is 0.491 e. The normalized spacial score (nSPS) is 13.6. The fraction of sp³-hybridized carbons (Fsp3) is 0.667. The first kappa shape index (κ1) is 17.0. The molecule has 0 radical (unpaired) electrons. The molecule has 0 aliphatic heterocycles. The molecule has 0 aromatic heterocycles. The molecule has 0 saturated heterocycles. The molecular weight excluding hydrogens is 246 g/mol. The zero-order chi connectivity index (χ0) is 15.2. The summed E-state index contributed by atoms with van der Waals surface area (Å²) in [5, 5.41) is 3.51. The minimum atomic E-state index is 0.205. The van der Waals surface area contributed by atoms with Crippen LogP contribution in [0.2, 0.25) is 0 Å². The molecule has 1 unspecified atom stereocenters. The van der Waals surface area contributed by atoms with Crippen molar-refractivity contribution in [1.82, 2.24) is 5.32 Å². The van der Waals surface area contributed by atoms with Crippen molar-refractivity contribution in [3.05, 3.63) is 29.8 Å². The van der Waals surface area contributed by atoms with Gasteiger partial charge in [-0.2, -0.15) is 0 Å². The van der Waals surface area contributed by atoms with Crippen LogP contribution >= 0.6 is 0 Å². The van der Waals surface area contributed by atoms with Gasteiger partial charge in [-0.15, -0.1) is 0 Å². The third-order valence-corrected chi connectivity index (χ3v) is 3.33. The summed E-state index contributed by atoms with van der Waals surface area (Å²) in [6, 6.07) is 8.49. The van der Waals surface area contributed by atoms with Gasteiger partial charge in [0, 0.05) is 5.54 Å². The Balaban J connectivity index is 2.30. The Morgan fingerprint density at radius 3 is 2.15 bits per heavy atom. The van der Waals surface area contributed by atoms with Crippen molar-refractivity contribution in [2.24, 2.45) is 0 Å². The molecule has 0 spiro atoms. The Morgan fingerprint density at radius 2 is 1.65 bits per heavy atom. The molecule has 0 bridgehead atoms. The lowest BCUT2D eigenvalue weighted by Crippen LogP contribution is -2.36. The highest BCUT2D eigenvalue weighted by atomic mass is 16.5. The zero-order valence-electron chi connectivity index (χ0n) is 14.0. The number of ether oxygens (including phenoxy) is 1. The van der Waals surface area contributed by atoms with Gasteiger partial charge in [0.1, 0.15) is 5.75 Å². The van der Waals surface area contributed by atoms with Gasteiger partial charge in [-0.1, -0.05) is 26.0 Å². The molecule has 0 aliphatic rings. The van der Waals surface area contributed by atoms with E-state index in [2.05, 4.69) is 71.1 Å². The maximum Gasteiger partial charge on any atom is 0.119 e. The zero-order valence-corrected chi connectivity index (χ0v) is 14.0. The van der Waals surface area contributed by atoms with Crippen LogP contribution in [0.3, 0.4) is 0 Å². The SMILES string of the molecule is CC(CCCNC(C)(C)C)Oc1ccc(C(C)C)cc1. The summed E-state index contributed by atoms with van der Waals surface area (Å²) in [7, 11) is 0. The molecule has 0 heterocycles. The summed E-state index contributed by atoms with van der Waals surface area (Å²) in [6.45, 7) is 14.2. The number of benzene rings is 1. The standard InChI is InChI=1S/C18H31NO/c1-14(2)16-9-11-17(12-10-16)20-15(3)8-7-13-19-18(4,5)6/h9-12,14-15,19H,7-8,13H2,1-6H3. The van der Waals surface area contributed by atoms with Gasteiger partial charge in [0.25, 0.3) is 0 Å². The van der Waals surface area contributed by atoms with E-state index in [1.807, 2.05) is 0 Å². The third-order valence-electron chi connectivity index (χ3n) is 3.33. The van der Waals surface area contributed by atoms with Gasteiger partial charge in [0.15, 0.2) is 0 Å². The summed E-state index contributed by atoms with van der Waals surface area (Å²) in [5.41, 5.74) is 1.57. The Bertz CT molecular complexity index is 375. The van der Waals surface area contributed by atoms with Crippen molar-refractivity contribution in [3.63, 3.8) is 0 Å². The van der Waals surface area contributed by atoms with E-state index in [0.29, 0.717) is 5.92 Å². The number of nitrogens with one attached hydrogen (secondary N) is 1. The highest BCUT2D eigenvalue weighted by Crippen LogP contribution is 2.20. The lowest BCUT2D eigenvalue weighted by molar-refractivity contribution is 0.206. The van der Waals surface area contributed by atoms with E-state index in [4.69, 9.17) is 4.74 Å². The smallest absolute Gasteiger partial charge is 0.119 e. The van der Waals surface area contributed by atoms with Crippen LogP contribution in [-0.4, -0.2) is 18.2 Å². The van der Waals surface area contributed by atoms with E-state index < -0.39 is 0 Å². The second-order valence-corrected chi connectivity index (χ2v) is 6.97. The summed E-state index contributed by atoms with van der Waals surface area (Å²) in [6.07, 6.45) is 2.49. The molecule has 1 aromatic carbocycles. The first-order valence-corrected chi connectivity index (χ1v) is 7.79. The van der Waals surface area contributed by atoms with Crippen LogP contribution in [0, 0.1) is 0 Å². The molecule has 2 heteroatoms. The van der Waals surface area contributed by atoms with Gasteiger partial charge >= 0.3 is 0 Å². The van der Waals surface area contributed by atoms with Crippen LogP contribution in [0.4, 0.5) is 0 Å². The van der Waals surface area contributed by atoms with Gasteiger partial charge in [-0.3, -0.25) is 0 Å². The Labute approximate surface area is 124 Å². The maximum atomic E-state index is 5.95. The molecule has 0 aliphatic carbocycles. The number of rotatable bonds is 7. The van der Waals surface area contributed by atoms with E-state index in [0.717, 1.165) is 25.1 Å². The van der Waals surface area contributed by atoms with Crippen molar-refractivity contribution in [2.45, 2.75) is 71.9 Å². The van der Waals surface area contributed by atoms with Crippen molar-refractivity contribution in [1.29, 1.82) is 0 Å². The predicted molar refractivity (Wildman–Crippen MR) is 87.6 cm³/mol. The minimum absolute atomic E-state index is 0.205. The lowest BCUT2D eigenvalue weighted by Gasteiger charge is -2.21. The quantitative estimate of drug-likeness (QED) is 0.726. The van der Waals surface area contributed by atoms with Gasteiger partial charge < -0.3 is 10.1 Å². The summed E-state index contributed by atoms with van der Waals surface area (Å²) < 4.78 is 5.95. The Kier molecular flexibility index (Phi) is 6.54. The Hall–Kier alpha value is -1.02. The summed E-state index contributed by atoms with van der Waals surface area (Å²) >= 11 is 0.